The van der Waals surface area contributed by atoms with Gasteiger partial charge in [0.25, 0.3) is 0 Å². The number of allylic oxidation sites excluding steroid dienone is 1. The van der Waals surface area contributed by atoms with Gasteiger partial charge in [0.15, 0.2) is 6.10 Å². The third kappa shape index (κ3) is 5.77. The minimum atomic E-state index is -0.859. The fraction of sp³-hybridized carbons (Fsp3) is 0.522. The van der Waals surface area contributed by atoms with Crippen molar-refractivity contribution in [3.8, 4) is 0 Å². The molecule has 2 unspecified atom stereocenters. The Hall–Kier alpha value is -3.03. The van der Waals surface area contributed by atoms with Gasteiger partial charge in [-0.15, -0.1) is 0 Å². The molecule has 1 heterocycles. The summed E-state index contributed by atoms with van der Waals surface area (Å²) in [5.41, 5.74) is 2.40. The highest BCUT2D eigenvalue weighted by atomic mass is 16.7. The Balaban J connectivity index is 2.73. The first kappa shape index (κ1) is 24.2. The number of carbonyl (C=O) groups excluding carboxylic acids is 2. The number of rotatable bonds is 6. The number of ether oxygens (including phenoxy) is 4. The van der Waals surface area contributed by atoms with Crippen LogP contribution in [0.3, 0.4) is 0 Å². The van der Waals surface area contributed by atoms with Crippen molar-refractivity contribution >= 4 is 18.1 Å². The summed E-state index contributed by atoms with van der Waals surface area (Å²) in [4.78, 5) is 31.2. The Kier molecular flexibility index (Phi) is 8.47. The van der Waals surface area contributed by atoms with E-state index < -0.39 is 24.3 Å². The van der Waals surface area contributed by atoms with Gasteiger partial charge in [-0.25, -0.2) is 14.6 Å². The Bertz CT molecular complexity index is 859. The normalized spacial score (nSPS) is 18.4. The van der Waals surface area contributed by atoms with Crippen LogP contribution in [0.5, 0.6) is 0 Å². The van der Waals surface area contributed by atoms with E-state index in [0.717, 1.165) is 11.1 Å². The van der Waals surface area contributed by atoms with E-state index in [-0.39, 0.29) is 19.1 Å². The molecule has 1 aliphatic heterocycles. The Morgan fingerprint density at radius 1 is 1.06 bits per heavy atom. The fourth-order valence-electron chi connectivity index (χ4n) is 3.43. The Morgan fingerprint density at radius 3 is 2.23 bits per heavy atom. The van der Waals surface area contributed by atoms with Crippen LogP contribution in [0.25, 0.3) is 0 Å². The van der Waals surface area contributed by atoms with Crippen LogP contribution in [-0.4, -0.2) is 56.5 Å². The number of amidine groups is 1. The van der Waals surface area contributed by atoms with E-state index in [1.807, 2.05) is 59.1 Å². The van der Waals surface area contributed by atoms with Crippen molar-refractivity contribution in [1.82, 2.24) is 4.90 Å². The van der Waals surface area contributed by atoms with Crippen molar-refractivity contribution in [3.63, 3.8) is 0 Å². The molecule has 0 amide bonds. The van der Waals surface area contributed by atoms with Crippen LogP contribution >= 0.6 is 0 Å². The second-order valence-corrected chi connectivity index (χ2v) is 7.61. The van der Waals surface area contributed by atoms with Crippen LogP contribution in [0.1, 0.15) is 44.7 Å². The molecule has 0 spiro atoms. The molecule has 0 aromatic heterocycles. The van der Waals surface area contributed by atoms with Gasteiger partial charge in [0.05, 0.1) is 24.8 Å². The van der Waals surface area contributed by atoms with Crippen LogP contribution in [0.15, 0.2) is 40.7 Å². The number of likely N-dealkylation sites (N-methyl/N-ethyl adjacent to an activating group) is 1. The van der Waals surface area contributed by atoms with E-state index in [1.54, 1.807) is 18.7 Å². The van der Waals surface area contributed by atoms with Gasteiger partial charge in [0.2, 0.25) is 0 Å². The van der Waals surface area contributed by atoms with Gasteiger partial charge in [0.1, 0.15) is 11.6 Å². The zero-order valence-electron chi connectivity index (χ0n) is 19.3. The van der Waals surface area contributed by atoms with E-state index in [2.05, 4.69) is 0 Å². The number of nitrogens with zero attached hydrogens (tertiary/aromatic N) is 2. The first-order chi connectivity index (χ1) is 14.7. The van der Waals surface area contributed by atoms with Crippen molar-refractivity contribution in [2.45, 2.75) is 46.6 Å². The number of aryl methyl sites for hydroxylation is 1. The van der Waals surface area contributed by atoms with Crippen molar-refractivity contribution < 1.29 is 28.5 Å². The second-order valence-electron chi connectivity index (χ2n) is 7.61. The van der Waals surface area contributed by atoms with E-state index >= 15 is 0 Å². The molecule has 170 valence electrons. The zero-order valence-corrected chi connectivity index (χ0v) is 19.3. The van der Waals surface area contributed by atoms with Crippen molar-refractivity contribution in [2.24, 2.45) is 10.9 Å². The van der Waals surface area contributed by atoms with Crippen LogP contribution in [0, 0.1) is 12.8 Å². The van der Waals surface area contributed by atoms with Crippen LogP contribution < -0.4 is 0 Å². The summed E-state index contributed by atoms with van der Waals surface area (Å²) in [6.45, 7) is 9.63. The largest absolute Gasteiger partial charge is 0.513 e. The molecule has 8 nitrogen and oxygen atoms in total. The summed E-state index contributed by atoms with van der Waals surface area (Å²) in [5.74, 6) is 0.167. The van der Waals surface area contributed by atoms with Crippen LogP contribution in [-0.2, 0) is 18.9 Å². The smallest absolute Gasteiger partial charge is 0.435 e. The monoisotopic (exact) mass is 432 g/mol. The lowest BCUT2D eigenvalue weighted by Crippen LogP contribution is -2.45. The minimum Gasteiger partial charge on any atom is -0.435 e. The number of aliphatic imine (C=N–C) groups is 1. The van der Waals surface area contributed by atoms with Crippen molar-refractivity contribution in [1.29, 1.82) is 0 Å². The molecule has 2 atom stereocenters. The van der Waals surface area contributed by atoms with Crippen molar-refractivity contribution in [2.75, 3.05) is 27.3 Å². The predicted octanol–water partition coefficient (Wildman–Crippen LogP) is 4.63. The van der Waals surface area contributed by atoms with Gasteiger partial charge in [0, 0.05) is 14.1 Å². The summed E-state index contributed by atoms with van der Waals surface area (Å²) < 4.78 is 21.5. The molecular formula is C23H32N2O6. The highest BCUT2D eigenvalue weighted by Gasteiger charge is 2.43. The molecule has 2 rings (SSSR count). The quantitative estimate of drug-likeness (QED) is 0.606. The molecular weight excluding hydrogens is 400 g/mol. The molecule has 1 aliphatic rings. The average Bonchev–Trinajstić information content (AvgIpc) is 2.69. The van der Waals surface area contributed by atoms with E-state index in [1.165, 1.54) is 0 Å². The van der Waals surface area contributed by atoms with Gasteiger partial charge >= 0.3 is 12.3 Å². The highest BCUT2D eigenvalue weighted by molar-refractivity contribution is 5.91. The molecule has 0 aliphatic carbocycles. The number of benzene rings is 1. The lowest BCUT2D eigenvalue weighted by molar-refractivity contribution is 0.0284. The SMILES string of the molecule is CCOC(=O)OC1=C(C(C)C)N=C(N(C)C)C(OC(=O)OCC)C1c1ccccc1C. The first-order valence-electron chi connectivity index (χ1n) is 10.4. The third-order valence-electron chi connectivity index (χ3n) is 4.80. The van der Waals surface area contributed by atoms with Crippen LogP contribution in [0.2, 0.25) is 0 Å². The van der Waals surface area contributed by atoms with Gasteiger partial charge in [-0.05, 0) is 37.8 Å². The fourth-order valence-corrected chi connectivity index (χ4v) is 3.43. The molecule has 0 saturated carbocycles. The maximum Gasteiger partial charge on any atom is 0.513 e. The predicted molar refractivity (Wildman–Crippen MR) is 117 cm³/mol. The lowest BCUT2D eigenvalue weighted by Gasteiger charge is -2.36. The minimum absolute atomic E-state index is 0.0607. The lowest BCUT2D eigenvalue weighted by atomic mass is 9.83. The van der Waals surface area contributed by atoms with E-state index in [0.29, 0.717) is 17.3 Å². The van der Waals surface area contributed by atoms with E-state index in [4.69, 9.17) is 23.9 Å². The molecule has 1 aromatic carbocycles. The molecule has 0 N–H and O–H groups in total. The van der Waals surface area contributed by atoms with Gasteiger partial charge in [-0.3, -0.25) is 0 Å². The third-order valence-corrected chi connectivity index (χ3v) is 4.80. The van der Waals surface area contributed by atoms with Gasteiger partial charge in [-0.1, -0.05) is 38.1 Å². The van der Waals surface area contributed by atoms with Crippen molar-refractivity contribution in [3.05, 3.63) is 46.8 Å². The second kappa shape index (κ2) is 10.8. The number of carbonyl (C=O) groups is 2. The van der Waals surface area contributed by atoms with Crippen LogP contribution in [0.4, 0.5) is 9.59 Å². The Morgan fingerprint density at radius 2 is 1.68 bits per heavy atom. The maximum atomic E-state index is 12.3. The molecule has 0 radical (unpaired) electrons. The maximum absolute atomic E-state index is 12.3. The molecule has 0 fully saturated rings. The van der Waals surface area contributed by atoms with Gasteiger partial charge in [-0.2, -0.15) is 0 Å². The first-order valence-corrected chi connectivity index (χ1v) is 10.4. The summed E-state index contributed by atoms with van der Waals surface area (Å²) in [6.07, 6.45) is -2.50. The number of hydrogen-bond acceptors (Lipinski definition) is 8. The summed E-state index contributed by atoms with van der Waals surface area (Å²) in [5, 5.41) is 0. The highest BCUT2D eigenvalue weighted by Crippen LogP contribution is 2.41. The molecule has 1 aromatic rings. The Labute approximate surface area is 183 Å². The number of hydrogen-bond donors (Lipinski definition) is 0. The summed E-state index contributed by atoms with van der Waals surface area (Å²) in [6, 6.07) is 7.69. The average molecular weight is 433 g/mol. The molecule has 0 saturated heterocycles. The summed E-state index contributed by atoms with van der Waals surface area (Å²) in [7, 11) is 3.65. The van der Waals surface area contributed by atoms with Gasteiger partial charge < -0.3 is 23.8 Å². The summed E-state index contributed by atoms with van der Waals surface area (Å²) >= 11 is 0. The molecule has 8 heteroatoms. The molecule has 31 heavy (non-hydrogen) atoms. The standard InChI is InChI=1S/C23H32N2O6/c1-8-28-22(26)30-19-17(16-13-11-10-12-15(16)5)20(31-23(27)29-9-2)21(25(6)7)24-18(19)14(3)4/h10-14,17,20H,8-9H2,1-7H3. The molecule has 0 bridgehead atoms. The van der Waals surface area contributed by atoms with E-state index in [9.17, 15) is 9.59 Å². The topological polar surface area (TPSA) is 86.7 Å². The zero-order chi connectivity index (χ0) is 23.1.